The number of ether oxygens (including phenoxy) is 1. The highest BCUT2D eigenvalue weighted by Gasteiger charge is 2.19. The zero-order chi connectivity index (χ0) is 9.90. The van der Waals surface area contributed by atoms with E-state index in [2.05, 4.69) is 4.98 Å². The van der Waals surface area contributed by atoms with E-state index >= 15 is 0 Å². The van der Waals surface area contributed by atoms with Crippen molar-refractivity contribution in [3.8, 4) is 0 Å². The summed E-state index contributed by atoms with van der Waals surface area (Å²) in [6.45, 7) is 6.56. The van der Waals surface area contributed by atoms with Crippen molar-refractivity contribution in [3.05, 3.63) is 34.2 Å². The van der Waals surface area contributed by atoms with E-state index in [1.807, 2.05) is 20.8 Å². The highest BCUT2D eigenvalue weighted by Crippen LogP contribution is 2.22. The van der Waals surface area contributed by atoms with Gasteiger partial charge in [-0.2, -0.15) is 0 Å². The summed E-state index contributed by atoms with van der Waals surface area (Å²) in [5.41, 5.74) is 0.559. The second-order valence-corrected chi connectivity index (χ2v) is 3.38. The van der Waals surface area contributed by atoms with E-state index in [9.17, 15) is 4.79 Å². The SMILES string of the molecule is CCOC(C)(C)c1ccc(=O)[nH]c1. The molecule has 0 amide bonds. The summed E-state index contributed by atoms with van der Waals surface area (Å²) in [4.78, 5) is 13.4. The Balaban J connectivity index is 2.93. The molecule has 13 heavy (non-hydrogen) atoms. The Morgan fingerprint density at radius 1 is 1.46 bits per heavy atom. The van der Waals surface area contributed by atoms with Gasteiger partial charge in [0.25, 0.3) is 0 Å². The van der Waals surface area contributed by atoms with E-state index < -0.39 is 0 Å². The number of aromatic amines is 1. The molecular formula is C10H15NO2. The molecule has 0 atom stereocenters. The second-order valence-electron chi connectivity index (χ2n) is 3.38. The summed E-state index contributed by atoms with van der Waals surface area (Å²) >= 11 is 0. The van der Waals surface area contributed by atoms with Crippen LogP contribution in [0.3, 0.4) is 0 Å². The van der Waals surface area contributed by atoms with Gasteiger partial charge >= 0.3 is 0 Å². The molecule has 0 aromatic carbocycles. The number of H-pyrrole nitrogens is 1. The van der Waals surface area contributed by atoms with Crippen molar-refractivity contribution in [1.82, 2.24) is 4.98 Å². The molecule has 1 aromatic rings. The maximum Gasteiger partial charge on any atom is 0.247 e. The lowest BCUT2D eigenvalue weighted by Crippen LogP contribution is -2.22. The summed E-state index contributed by atoms with van der Waals surface area (Å²) in [5.74, 6) is 0. The Labute approximate surface area is 77.8 Å². The molecule has 3 nitrogen and oxygen atoms in total. The molecule has 0 saturated heterocycles. The summed E-state index contributed by atoms with van der Waals surface area (Å²) in [5, 5.41) is 0. The third-order valence-electron chi connectivity index (χ3n) is 1.98. The molecule has 1 heterocycles. The van der Waals surface area contributed by atoms with Gasteiger partial charge < -0.3 is 9.72 Å². The van der Waals surface area contributed by atoms with Gasteiger partial charge in [-0.25, -0.2) is 0 Å². The van der Waals surface area contributed by atoms with Crippen molar-refractivity contribution in [2.24, 2.45) is 0 Å². The molecule has 0 unspecified atom stereocenters. The maximum atomic E-state index is 10.8. The average Bonchev–Trinajstić information content (AvgIpc) is 2.05. The van der Waals surface area contributed by atoms with E-state index in [1.165, 1.54) is 6.07 Å². The fraction of sp³-hybridized carbons (Fsp3) is 0.500. The zero-order valence-electron chi connectivity index (χ0n) is 8.26. The molecule has 0 saturated carbocycles. The molecule has 1 N–H and O–H groups in total. The van der Waals surface area contributed by atoms with Crippen LogP contribution in [0.15, 0.2) is 23.1 Å². The lowest BCUT2D eigenvalue weighted by atomic mass is 10.0. The highest BCUT2D eigenvalue weighted by molar-refractivity contribution is 5.16. The van der Waals surface area contributed by atoms with Gasteiger partial charge in [-0.1, -0.05) is 0 Å². The standard InChI is InChI=1S/C10H15NO2/c1-4-13-10(2,3)8-5-6-9(12)11-7-8/h5-7H,4H2,1-3H3,(H,11,12). The zero-order valence-corrected chi connectivity index (χ0v) is 8.26. The molecule has 0 spiro atoms. The van der Waals surface area contributed by atoms with Crippen LogP contribution < -0.4 is 5.56 Å². The molecule has 1 rings (SSSR count). The highest BCUT2D eigenvalue weighted by atomic mass is 16.5. The van der Waals surface area contributed by atoms with Gasteiger partial charge in [-0.15, -0.1) is 0 Å². The van der Waals surface area contributed by atoms with Crippen molar-refractivity contribution in [1.29, 1.82) is 0 Å². The molecule has 1 aromatic heterocycles. The molecule has 72 valence electrons. The first-order valence-corrected chi connectivity index (χ1v) is 4.39. The van der Waals surface area contributed by atoms with E-state index in [-0.39, 0.29) is 11.2 Å². The summed E-state index contributed by atoms with van der Waals surface area (Å²) in [6, 6.07) is 3.30. The van der Waals surface area contributed by atoms with Crippen LogP contribution in [0.4, 0.5) is 0 Å². The Kier molecular flexibility index (Phi) is 2.88. The quantitative estimate of drug-likeness (QED) is 0.770. The number of rotatable bonds is 3. The molecule has 0 bridgehead atoms. The van der Waals surface area contributed by atoms with Crippen LogP contribution >= 0.6 is 0 Å². The van der Waals surface area contributed by atoms with Crippen LogP contribution in [0.1, 0.15) is 26.3 Å². The molecule has 0 aliphatic heterocycles. The molecular weight excluding hydrogens is 166 g/mol. The first-order chi connectivity index (χ1) is 6.06. The van der Waals surface area contributed by atoms with Gasteiger partial charge in [0.15, 0.2) is 0 Å². The lowest BCUT2D eigenvalue weighted by molar-refractivity contribution is -0.0142. The molecule has 0 aliphatic carbocycles. The smallest absolute Gasteiger partial charge is 0.247 e. The van der Waals surface area contributed by atoms with Crippen LogP contribution in [0.5, 0.6) is 0 Å². The molecule has 0 aliphatic rings. The average molecular weight is 181 g/mol. The van der Waals surface area contributed by atoms with Crippen molar-refractivity contribution in [2.75, 3.05) is 6.61 Å². The topological polar surface area (TPSA) is 42.1 Å². The maximum absolute atomic E-state index is 10.8. The minimum absolute atomic E-state index is 0.0870. The van der Waals surface area contributed by atoms with Crippen LogP contribution in [0.2, 0.25) is 0 Å². The Morgan fingerprint density at radius 3 is 2.62 bits per heavy atom. The van der Waals surface area contributed by atoms with Crippen LogP contribution in [0, 0.1) is 0 Å². The minimum atomic E-state index is -0.334. The fourth-order valence-electron chi connectivity index (χ4n) is 1.23. The van der Waals surface area contributed by atoms with E-state index in [0.717, 1.165) is 5.56 Å². The van der Waals surface area contributed by atoms with E-state index in [4.69, 9.17) is 4.74 Å². The summed E-state index contributed by atoms with van der Waals surface area (Å²) in [6.07, 6.45) is 1.69. The fourth-order valence-corrected chi connectivity index (χ4v) is 1.23. The number of aromatic nitrogens is 1. The Hall–Kier alpha value is -1.09. The third kappa shape index (κ3) is 2.42. The Morgan fingerprint density at radius 2 is 2.15 bits per heavy atom. The molecule has 3 heteroatoms. The monoisotopic (exact) mass is 181 g/mol. The van der Waals surface area contributed by atoms with Gasteiger partial charge in [0.1, 0.15) is 0 Å². The largest absolute Gasteiger partial charge is 0.371 e. The van der Waals surface area contributed by atoms with Gasteiger partial charge in [0, 0.05) is 18.9 Å². The molecule has 0 fully saturated rings. The first kappa shape index (κ1) is 9.99. The van der Waals surface area contributed by atoms with E-state index in [1.54, 1.807) is 12.3 Å². The number of pyridine rings is 1. The molecule has 0 radical (unpaired) electrons. The first-order valence-electron chi connectivity index (χ1n) is 4.39. The number of hydrogen-bond donors (Lipinski definition) is 1. The van der Waals surface area contributed by atoms with Gasteiger partial charge in [0.05, 0.1) is 5.60 Å². The van der Waals surface area contributed by atoms with Crippen molar-refractivity contribution >= 4 is 0 Å². The van der Waals surface area contributed by atoms with E-state index in [0.29, 0.717) is 6.61 Å². The van der Waals surface area contributed by atoms with Crippen molar-refractivity contribution in [2.45, 2.75) is 26.4 Å². The summed E-state index contributed by atoms with van der Waals surface area (Å²) < 4.78 is 5.53. The Bertz CT molecular complexity index is 307. The van der Waals surface area contributed by atoms with Gasteiger partial charge in [-0.05, 0) is 32.4 Å². The van der Waals surface area contributed by atoms with Crippen molar-refractivity contribution < 1.29 is 4.74 Å². The number of hydrogen-bond acceptors (Lipinski definition) is 2. The predicted molar refractivity (Wildman–Crippen MR) is 51.7 cm³/mol. The predicted octanol–water partition coefficient (Wildman–Crippen LogP) is 1.65. The summed E-state index contributed by atoms with van der Waals surface area (Å²) in [7, 11) is 0. The normalized spacial score (nSPS) is 11.6. The lowest BCUT2D eigenvalue weighted by Gasteiger charge is -2.24. The van der Waals surface area contributed by atoms with Crippen molar-refractivity contribution in [3.63, 3.8) is 0 Å². The number of nitrogens with one attached hydrogen (secondary N) is 1. The van der Waals surface area contributed by atoms with Crippen LogP contribution in [-0.4, -0.2) is 11.6 Å². The third-order valence-corrected chi connectivity index (χ3v) is 1.98. The second kappa shape index (κ2) is 3.75. The van der Waals surface area contributed by atoms with Crippen LogP contribution in [-0.2, 0) is 10.3 Å². The van der Waals surface area contributed by atoms with Crippen LogP contribution in [0.25, 0.3) is 0 Å². The minimum Gasteiger partial charge on any atom is -0.371 e. The van der Waals surface area contributed by atoms with Gasteiger partial charge in [0.2, 0.25) is 5.56 Å². The van der Waals surface area contributed by atoms with Gasteiger partial charge in [-0.3, -0.25) is 4.79 Å².